The van der Waals surface area contributed by atoms with E-state index in [2.05, 4.69) is 40.2 Å². The van der Waals surface area contributed by atoms with Gasteiger partial charge in [-0.2, -0.15) is 0 Å². The lowest BCUT2D eigenvalue weighted by Crippen LogP contribution is -2.34. The van der Waals surface area contributed by atoms with E-state index >= 15 is 0 Å². The molecule has 2 rings (SSSR count). The molecule has 0 aromatic carbocycles. The number of carbonyl (C=O) groups is 1. The Morgan fingerprint density at radius 1 is 1.61 bits per heavy atom. The summed E-state index contributed by atoms with van der Waals surface area (Å²) >= 11 is 3.33. The first-order valence-electron chi connectivity index (χ1n) is 5.96. The summed E-state index contributed by atoms with van der Waals surface area (Å²) in [6, 6.07) is 2.01. The third-order valence-electron chi connectivity index (χ3n) is 3.27. The molecule has 0 radical (unpaired) electrons. The molecule has 1 aliphatic rings. The van der Waals surface area contributed by atoms with Crippen LogP contribution in [-0.4, -0.2) is 28.4 Å². The Balaban J connectivity index is 2.31. The van der Waals surface area contributed by atoms with Gasteiger partial charge in [0.05, 0.1) is 5.56 Å². The topological polar surface area (TPSA) is 71.2 Å². The van der Waals surface area contributed by atoms with Crippen molar-refractivity contribution in [2.45, 2.75) is 26.3 Å². The Labute approximate surface area is 115 Å². The Bertz CT molecular complexity index is 465. The van der Waals surface area contributed by atoms with E-state index in [4.69, 9.17) is 5.84 Å². The minimum Gasteiger partial charge on any atom is -0.336 e. The number of halogens is 1. The standard InChI is InChI=1S/C12H17BrN4O/c1-7-3-8(2)17(6-7)12(18)10-4-9(13)5-15-11(10)16-14/h4-5,7-8H,3,6,14H2,1-2H3,(H,15,16). The third kappa shape index (κ3) is 2.49. The highest BCUT2D eigenvalue weighted by Crippen LogP contribution is 2.27. The number of hydrogen-bond donors (Lipinski definition) is 2. The summed E-state index contributed by atoms with van der Waals surface area (Å²) in [7, 11) is 0. The van der Waals surface area contributed by atoms with Crippen LogP contribution >= 0.6 is 15.9 Å². The van der Waals surface area contributed by atoms with Gasteiger partial charge in [-0.15, -0.1) is 0 Å². The molecule has 98 valence electrons. The highest BCUT2D eigenvalue weighted by Gasteiger charge is 2.31. The number of likely N-dealkylation sites (tertiary alicyclic amines) is 1. The van der Waals surface area contributed by atoms with E-state index in [9.17, 15) is 4.79 Å². The first-order chi connectivity index (χ1) is 8.52. The van der Waals surface area contributed by atoms with Crippen molar-refractivity contribution in [2.24, 2.45) is 11.8 Å². The molecule has 2 atom stereocenters. The van der Waals surface area contributed by atoms with Crippen molar-refractivity contribution < 1.29 is 4.79 Å². The van der Waals surface area contributed by atoms with Crippen LogP contribution in [0.15, 0.2) is 16.7 Å². The molecule has 5 nitrogen and oxygen atoms in total. The van der Waals surface area contributed by atoms with Crippen molar-refractivity contribution in [2.75, 3.05) is 12.0 Å². The molecule has 18 heavy (non-hydrogen) atoms. The number of anilines is 1. The van der Waals surface area contributed by atoms with Crippen LogP contribution in [-0.2, 0) is 0 Å². The van der Waals surface area contributed by atoms with Crippen LogP contribution in [0.1, 0.15) is 30.6 Å². The maximum absolute atomic E-state index is 12.5. The largest absolute Gasteiger partial charge is 0.336 e. The van der Waals surface area contributed by atoms with Crippen molar-refractivity contribution in [1.29, 1.82) is 0 Å². The summed E-state index contributed by atoms with van der Waals surface area (Å²) in [5.41, 5.74) is 2.98. The van der Waals surface area contributed by atoms with Crippen LogP contribution < -0.4 is 11.3 Å². The summed E-state index contributed by atoms with van der Waals surface area (Å²) in [6.07, 6.45) is 2.65. The second kappa shape index (κ2) is 5.24. The molecule has 1 aliphatic heterocycles. The molecule has 0 spiro atoms. The zero-order valence-corrected chi connectivity index (χ0v) is 12.1. The first kappa shape index (κ1) is 13.3. The summed E-state index contributed by atoms with van der Waals surface area (Å²) in [5.74, 6) is 6.33. The van der Waals surface area contributed by atoms with Crippen molar-refractivity contribution in [1.82, 2.24) is 9.88 Å². The normalized spacial score (nSPS) is 23.2. The molecule has 1 amide bonds. The lowest BCUT2D eigenvalue weighted by atomic mass is 10.1. The number of nitrogens with zero attached hydrogens (tertiary/aromatic N) is 2. The third-order valence-corrected chi connectivity index (χ3v) is 3.70. The highest BCUT2D eigenvalue weighted by atomic mass is 79.9. The molecular weight excluding hydrogens is 296 g/mol. The van der Waals surface area contributed by atoms with Gasteiger partial charge in [-0.3, -0.25) is 4.79 Å². The van der Waals surface area contributed by atoms with Gasteiger partial charge in [0.1, 0.15) is 0 Å². The van der Waals surface area contributed by atoms with Crippen LogP contribution in [0.5, 0.6) is 0 Å². The molecule has 1 fully saturated rings. The lowest BCUT2D eigenvalue weighted by molar-refractivity contribution is 0.0744. The Kier molecular flexibility index (Phi) is 3.87. The van der Waals surface area contributed by atoms with Crippen LogP contribution in [0.3, 0.4) is 0 Å². The molecule has 0 saturated carbocycles. The molecule has 2 unspecified atom stereocenters. The monoisotopic (exact) mass is 312 g/mol. The number of nitrogens with two attached hydrogens (primary N) is 1. The summed E-state index contributed by atoms with van der Waals surface area (Å²) in [5, 5.41) is 0. The van der Waals surface area contributed by atoms with E-state index in [0.717, 1.165) is 17.4 Å². The number of nitrogens with one attached hydrogen (secondary N) is 1. The molecule has 2 heterocycles. The molecular formula is C12H17BrN4O. The lowest BCUT2D eigenvalue weighted by Gasteiger charge is -2.22. The maximum Gasteiger partial charge on any atom is 0.257 e. The fourth-order valence-electron chi connectivity index (χ4n) is 2.45. The van der Waals surface area contributed by atoms with Gasteiger partial charge in [-0.05, 0) is 41.3 Å². The van der Waals surface area contributed by atoms with E-state index in [1.807, 2.05) is 4.90 Å². The maximum atomic E-state index is 12.5. The summed E-state index contributed by atoms with van der Waals surface area (Å²) in [4.78, 5) is 18.5. The van der Waals surface area contributed by atoms with Crippen molar-refractivity contribution in [3.05, 3.63) is 22.3 Å². The second-order valence-electron chi connectivity index (χ2n) is 4.84. The van der Waals surface area contributed by atoms with Crippen LogP contribution in [0.2, 0.25) is 0 Å². The Morgan fingerprint density at radius 2 is 2.33 bits per heavy atom. The van der Waals surface area contributed by atoms with E-state index in [1.54, 1.807) is 12.3 Å². The number of aromatic nitrogens is 1. The SMILES string of the molecule is CC1CC(C)N(C(=O)c2cc(Br)cnc2NN)C1. The fourth-order valence-corrected chi connectivity index (χ4v) is 2.79. The summed E-state index contributed by atoms with van der Waals surface area (Å²) in [6.45, 7) is 5.02. The number of nitrogen functional groups attached to an aromatic ring is 1. The number of pyridine rings is 1. The second-order valence-corrected chi connectivity index (χ2v) is 5.76. The Morgan fingerprint density at radius 3 is 2.89 bits per heavy atom. The average molecular weight is 313 g/mol. The van der Waals surface area contributed by atoms with E-state index < -0.39 is 0 Å². The summed E-state index contributed by atoms with van der Waals surface area (Å²) < 4.78 is 0.768. The number of hydrogen-bond acceptors (Lipinski definition) is 4. The van der Waals surface area contributed by atoms with Crippen molar-refractivity contribution in [3.63, 3.8) is 0 Å². The minimum atomic E-state index is -0.0198. The number of amides is 1. The van der Waals surface area contributed by atoms with Gasteiger partial charge in [0.2, 0.25) is 0 Å². The predicted octanol–water partition coefficient (Wildman–Crippen LogP) is 2.00. The van der Waals surface area contributed by atoms with Crippen LogP contribution in [0.25, 0.3) is 0 Å². The van der Waals surface area contributed by atoms with Crippen molar-refractivity contribution >= 4 is 27.7 Å². The van der Waals surface area contributed by atoms with Crippen LogP contribution in [0, 0.1) is 5.92 Å². The highest BCUT2D eigenvalue weighted by molar-refractivity contribution is 9.10. The molecule has 0 aliphatic carbocycles. The van der Waals surface area contributed by atoms with E-state index in [1.165, 1.54) is 0 Å². The van der Waals surface area contributed by atoms with Gasteiger partial charge in [0.15, 0.2) is 5.82 Å². The van der Waals surface area contributed by atoms with Gasteiger partial charge in [0, 0.05) is 23.3 Å². The zero-order chi connectivity index (χ0) is 13.3. The molecule has 0 bridgehead atoms. The number of hydrazine groups is 1. The quantitative estimate of drug-likeness (QED) is 0.647. The molecule has 3 N–H and O–H groups in total. The fraction of sp³-hybridized carbons (Fsp3) is 0.500. The average Bonchev–Trinajstić information content (AvgIpc) is 2.67. The van der Waals surface area contributed by atoms with Gasteiger partial charge >= 0.3 is 0 Å². The van der Waals surface area contributed by atoms with Gasteiger partial charge in [-0.25, -0.2) is 10.8 Å². The molecule has 1 saturated heterocycles. The molecule has 6 heteroatoms. The van der Waals surface area contributed by atoms with Gasteiger partial charge < -0.3 is 10.3 Å². The van der Waals surface area contributed by atoms with Gasteiger partial charge in [-0.1, -0.05) is 6.92 Å². The number of carbonyl (C=O) groups excluding carboxylic acids is 1. The predicted molar refractivity (Wildman–Crippen MR) is 74.0 cm³/mol. The zero-order valence-electron chi connectivity index (χ0n) is 10.5. The molecule has 1 aromatic rings. The van der Waals surface area contributed by atoms with E-state index in [-0.39, 0.29) is 11.9 Å². The minimum absolute atomic E-state index is 0.0198. The van der Waals surface area contributed by atoms with Gasteiger partial charge in [0.25, 0.3) is 5.91 Å². The van der Waals surface area contributed by atoms with E-state index in [0.29, 0.717) is 17.3 Å². The van der Waals surface area contributed by atoms with Crippen molar-refractivity contribution in [3.8, 4) is 0 Å². The smallest absolute Gasteiger partial charge is 0.257 e. The number of rotatable bonds is 2. The molecule has 1 aromatic heterocycles. The Hall–Kier alpha value is -1.14. The van der Waals surface area contributed by atoms with Crippen LogP contribution in [0.4, 0.5) is 5.82 Å². The first-order valence-corrected chi connectivity index (χ1v) is 6.75.